The van der Waals surface area contributed by atoms with Gasteiger partial charge in [0.05, 0.1) is 17.8 Å². The molecule has 1 aromatic rings. The molecule has 0 aromatic carbocycles. The molecule has 1 saturated carbocycles. The summed E-state index contributed by atoms with van der Waals surface area (Å²) in [5.41, 5.74) is 0.580. The Bertz CT molecular complexity index is 541. The summed E-state index contributed by atoms with van der Waals surface area (Å²) in [5, 5.41) is 13.9. The van der Waals surface area contributed by atoms with E-state index in [9.17, 15) is 14.7 Å². The fraction of sp³-hybridized carbons (Fsp3) is 0.357. The minimum absolute atomic E-state index is 0.00423. The smallest absolute Gasteiger partial charge is 0.228 e. The molecule has 1 aromatic heterocycles. The van der Waals surface area contributed by atoms with Crippen LogP contribution in [0, 0.1) is 23.7 Å². The normalized spacial score (nSPS) is 31.4. The van der Waals surface area contributed by atoms with Gasteiger partial charge in [0.2, 0.25) is 5.91 Å². The molecule has 4 atom stereocenters. The Kier molecular flexibility index (Phi) is 2.81. The van der Waals surface area contributed by atoms with Gasteiger partial charge in [0.25, 0.3) is 0 Å². The quantitative estimate of drug-likeness (QED) is 0.785. The van der Waals surface area contributed by atoms with Crippen LogP contribution in [0.1, 0.15) is 6.42 Å². The number of amides is 1. The van der Waals surface area contributed by atoms with Crippen LogP contribution in [0.15, 0.2) is 36.7 Å². The third-order valence-electron chi connectivity index (χ3n) is 3.96. The van der Waals surface area contributed by atoms with Gasteiger partial charge in [0.1, 0.15) is 0 Å². The van der Waals surface area contributed by atoms with Gasteiger partial charge in [-0.3, -0.25) is 9.78 Å². The van der Waals surface area contributed by atoms with Crippen molar-refractivity contribution in [3.63, 3.8) is 0 Å². The molecule has 2 bridgehead atoms. The van der Waals surface area contributed by atoms with E-state index in [0.29, 0.717) is 5.69 Å². The van der Waals surface area contributed by atoms with E-state index in [0.717, 1.165) is 6.42 Å². The van der Waals surface area contributed by atoms with E-state index in [1.54, 1.807) is 18.3 Å². The summed E-state index contributed by atoms with van der Waals surface area (Å²) in [5.74, 6) is -2.72. The SMILES string of the molecule is O=C([O-])[C@@H]1[C@H](C(=O)Nc2cccnc2)[C@@H]2C=C[C@H]1C2. The Morgan fingerprint density at radius 3 is 2.63 bits per heavy atom. The molecule has 2 aliphatic carbocycles. The van der Waals surface area contributed by atoms with Crippen molar-refractivity contribution >= 4 is 17.6 Å². The lowest BCUT2D eigenvalue weighted by molar-refractivity contribution is -0.313. The van der Waals surface area contributed by atoms with Crippen molar-refractivity contribution in [2.45, 2.75) is 6.42 Å². The fourth-order valence-electron chi connectivity index (χ4n) is 3.16. The van der Waals surface area contributed by atoms with Crippen LogP contribution in [0.3, 0.4) is 0 Å². The molecule has 0 radical (unpaired) electrons. The van der Waals surface area contributed by atoms with E-state index in [-0.39, 0.29) is 17.7 Å². The largest absolute Gasteiger partial charge is 0.550 e. The summed E-state index contributed by atoms with van der Waals surface area (Å²) < 4.78 is 0. The molecule has 19 heavy (non-hydrogen) atoms. The maximum atomic E-state index is 12.3. The highest BCUT2D eigenvalue weighted by Crippen LogP contribution is 2.48. The van der Waals surface area contributed by atoms with E-state index in [1.807, 2.05) is 12.2 Å². The molecular formula is C14H13N2O3-. The third kappa shape index (κ3) is 2.01. The van der Waals surface area contributed by atoms with E-state index < -0.39 is 17.8 Å². The minimum Gasteiger partial charge on any atom is -0.550 e. The number of aliphatic carboxylic acids is 1. The molecule has 0 unspecified atom stereocenters. The highest BCUT2D eigenvalue weighted by atomic mass is 16.4. The summed E-state index contributed by atoms with van der Waals surface area (Å²) in [6.45, 7) is 0. The molecule has 5 nitrogen and oxygen atoms in total. The molecule has 0 spiro atoms. The predicted molar refractivity (Wildman–Crippen MR) is 65.6 cm³/mol. The molecule has 3 rings (SSSR count). The predicted octanol–water partition coefficient (Wildman–Crippen LogP) is 0.208. The van der Waals surface area contributed by atoms with Gasteiger partial charge in [-0.15, -0.1) is 0 Å². The number of nitrogens with zero attached hydrogens (tertiary/aromatic N) is 1. The molecule has 98 valence electrons. The molecule has 5 heteroatoms. The first-order valence-corrected chi connectivity index (χ1v) is 6.27. The van der Waals surface area contributed by atoms with Gasteiger partial charge in [0, 0.05) is 18.1 Å². The molecule has 0 aliphatic heterocycles. The van der Waals surface area contributed by atoms with Crippen LogP contribution < -0.4 is 10.4 Å². The Morgan fingerprint density at radius 1 is 1.26 bits per heavy atom. The zero-order valence-electron chi connectivity index (χ0n) is 10.2. The Morgan fingerprint density at radius 2 is 2.00 bits per heavy atom. The number of anilines is 1. The first kappa shape index (κ1) is 11.9. The number of carbonyl (C=O) groups excluding carboxylic acids is 2. The molecule has 1 amide bonds. The van der Waals surface area contributed by atoms with Gasteiger partial charge >= 0.3 is 0 Å². The Balaban J connectivity index is 1.79. The van der Waals surface area contributed by atoms with Crippen molar-refractivity contribution < 1.29 is 14.7 Å². The first-order valence-electron chi connectivity index (χ1n) is 6.27. The second-order valence-corrected chi connectivity index (χ2v) is 5.05. The molecule has 0 saturated heterocycles. The number of allylic oxidation sites excluding steroid dienone is 2. The van der Waals surface area contributed by atoms with Crippen LogP contribution >= 0.6 is 0 Å². The summed E-state index contributed by atoms with van der Waals surface area (Å²) >= 11 is 0. The highest BCUT2D eigenvalue weighted by molar-refractivity contribution is 5.96. The number of fused-ring (bicyclic) bond motifs is 2. The minimum atomic E-state index is -1.14. The van der Waals surface area contributed by atoms with E-state index in [1.165, 1.54) is 6.20 Å². The lowest BCUT2D eigenvalue weighted by atomic mass is 9.82. The zero-order chi connectivity index (χ0) is 13.4. The maximum Gasteiger partial charge on any atom is 0.228 e. The summed E-state index contributed by atoms with van der Waals surface area (Å²) in [6.07, 6.45) is 7.70. The zero-order valence-corrected chi connectivity index (χ0v) is 10.2. The van der Waals surface area contributed by atoms with Gasteiger partial charge in [-0.1, -0.05) is 12.2 Å². The first-order chi connectivity index (χ1) is 9.16. The number of rotatable bonds is 3. The number of carbonyl (C=O) groups is 2. The van der Waals surface area contributed by atoms with E-state index >= 15 is 0 Å². The van der Waals surface area contributed by atoms with Crippen LogP contribution in [-0.2, 0) is 9.59 Å². The standard InChI is InChI=1S/C14H14N2O3/c17-13(16-10-2-1-5-15-7-10)11-8-3-4-9(6-8)12(11)14(18)19/h1-5,7-9,11-12H,6H2,(H,16,17)(H,18,19)/p-1/t8-,9+,11-,12+/m1/s1. The van der Waals surface area contributed by atoms with E-state index in [4.69, 9.17) is 0 Å². The Hall–Kier alpha value is -2.17. The third-order valence-corrected chi connectivity index (χ3v) is 3.96. The summed E-state index contributed by atoms with van der Waals surface area (Å²) in [6, 6.07) is 3.44. The van der Waals surface area contributed by atoms with E-state index in [2.05, 4.69) is 10.3 Å². The van der Waals surface area contributed by atoms with Crippen LogP contribution in [-0.4, -0.2) is 16.9 Å². The van der Waals surface area contributed by atoms with Gasteiger partial charge < -0.3 is 15.2 Å². The van der Waals surface area contributed by atoms with Gasteiger partial charge in [-0.25, -0.2) is 0 Å². The lowest BCUT2D eigenvalue weighted by Crippen LogP contribution is -2.42. The number of carboxylic acids is 1. The molecule has 1 fully saturated rings. The van der Waals surface area contributed by atoms with Crippen LogP contribution in [0.2, 0.25) is 0 Å². The van der Waals surface area contributed by atoms with Crippen molar-refractivity contribution in [1.29, 1.82) is 0 Å². The molecule has 1 N–H and O–H groups in total. The second kappa shape index (κ2) is 4.50. The number of nitrogens with one attached hydrogen (secondary N) is 1. The Labute approximate surface area is 110 Å². The van der Waals surface area contributed by atoms with Gasteiger partial charge in [0.15, 0.2) is 0 Å². The molecule has 2 aliphatic rings. The fourth-order valence-corrected chi connectivity index (χ4v) is 3.16. The number of hydrogen-bond donors (Lipinski definition) is 1. The van der Waals surface area contributed by atoms with Crippen LogP contribution in [0.25, 0.3) is 0 Å². The molecular weight excluding hydrogens is 244 g/mol. The number of aromatic nitrogens is 1. The maximum absolute atomic E-state index is 12.3. The van der Waals surface area contributed by atoms with Crippen LogP contribution in [0.5, 0.6) is 0 Å². The van der Waals surface area contributed by atoms with Crippen molar-refractivity contribution in [3.8, 4) is 0 Å². The van der Waals surface area contributed by atoms with Crippen molar-refractivity contribution in [2.24, 2.45) is 23.7 Å². The van der Waals surface area contributed by atoms with Crippen LogP contribution in [0.4, 0.5) is 5.69 Å². The number of pyridine rings is 1. The average Bonchev–Trinajstić information content (AvgIpc) is 2.99. The average molecular weight is 257 g/mol. The second-order valence-electron chi connectivity index (χ2n) is 5.05. The monoisotopic (exact) mass is 257 g/mol. The van der Waals surface area contributed by atoms with Crippen molar-refractivity contribution in [1.82, 2.24) is 4.98 Å². The van der Waals surface area contributed by atoms with Gasteiger partial charge in [-0.05, 0) is 30.4 Å². The van der Waals surface area contributed by atoms with Crippen molar-refractivity contribution in [3.05, 3.63) is 36.7 Å². The highest BCUT2D eigenvalue weighted by Gasteiger charge is 2.48. The topological polar surface area (TPSA) is 82.1 Å². The number of hydrogen-bond acceptors (Lipinski definition) is 4. The van der Waals surface area contributed by atoms with Gasteiger partial charge in [-0.2, -0.15) is 0 Å². The van der Waals surface area contributed by atoms with Crippen molar-refractivity contribution in [2.75, 3.05) is 5.32 Å². The number of carboxylic acid groups (broad SMARTS) is 1. The summed E-state index contributed by atoms with van der Waals surface area (Å²) in [7, 11) is 0. The molecule has 1 heterocycles. The summed E-state index contributed by atoms with van der Waals surface area (Å²) in [4.78, 5) is 27.4. The lowest BCUT2D eigenvalue weighted by Gasteiger charge is -2.27.